The van der Waals surface area contributed by atoms with E-state index in [1.807, 2.05) is 18.2 Å². The highest BCUT2D eigenvalue weighted by molar-refractivity contribution is 5.47. The van der Waals surface area contributed by atoms with Crippen LogP contribution in [-0.4, -0.2) is 25.1 Å². The van der Waals surface area contributed by atoms with Crippen LogP contribution < -0.4 is 10.5 Å². The molecule has 0 aromatic heterocycles. The van der Waals surface area contributed by atoms with E-state index in [2.05, 4.69) is 17.9 Å². The molecule has 0 radical (unpaired) electrons. The van der Waals surface area contributed by atoms with Crippen molar-refractivity contribution in [3.8, 4) is 11.8 Å². The van der Waals surface area contributed by atoms with Gasteiger partial charge in [-0.3, -0.25) is 4.90 Å². The van der Waals surface area contributed by atoms with Gasteiger partial charge >= 0.3 is 0 Å². The lowest BCUT2D eigenvalue weighted by Gasteiger charge is -2.20. The van der Waals surface area contributed by atoms with Crippen molar-refractivity contribution in [3.05, 3.63) is 23.8 Å². The van der Waals surface area contributed by atoms with Crippen LogP contribution in [0.1, 0.15) is 18.9 Å². The Labute approximate surface area is 103 Å². The number of nitrogen functional groups attached to an aromatic ring is 1. The molecular weight excluding hydrogens is 214 g/mol. The third-order valence-corrected chi connectivity index (χ3v) is 2.69. The molecule has 0 aliphatic heterocycles. The number of anilines is 1. The number of methoxy groups -OCH3 is 1. The van der Waals surface area contributed by atoms with Crippen LogP contribution in [0.2, 0.25) is 0 Å². The van der Waals surface area contributed by atoms with Crippen LogP contribution in [0.25, 0.3) is 0 Å². The summed E-state index contributed by atoms with van der Waals surface area (Å²) in [4.78, 5) is 2.19. The van der Waals surface area contributed by atoms with Crippen molar-refractivity contribution in [2.45, 2.75) is 19.9 Å². The lowest BCUT2D eigenvalue weighted by Crippen LogP contribution is -2.24. The number of hydrogen-bond acceptors (Lipinski definition) is 4. The first-order valence-corrected chi connectivity index (χ1v) is 5.73. The average Bonchev–Trinajstić information content (AvgIpc) is 2.34. The van der Waals surface area contributed by atoms with Gasteiger partial charge in [-0.25, -0.2) is 0 Å². The second-order valence-electron chi connectivity index (χ2n) is 3.85. The zero-order valence-electron chi connectivity index (χ0n) is 10.4. The lowest BCUT2D eigenvalue weighted by atomic mass is 10.1. The molecule has 1 aromatic rings. The maximum atomic E-state index is 8.60. The number of benzene rings is 1. The second-order valence-corrected chi connectivity index (χ2v) is 3.85. The van der Waals surface area contributed by atoms with Crippen LogP contribution in [0.3, 0.4) is 0 Å². The van der Waals surface area contributed by atoms with Gasteiger partial charge in [-0.1, -0.05) is 6.92 Å². The van der Waals surface area contributed by atoms with Gasteiger partial charge in [-0.05, 0) is 24.7 Å². The van der Waals surface area contributed by atoms with Gasteiger partial charge in [0.2, 0.25) is 0 Å². The maximum Gasteiger partial charge on any atom is 0.123 e. The fourth-order valence-corrected chi connectivity index (χ4v) is 1.72. The Balaban J connectivity index is 2.77. The summed E-state index contributed by atoms with van der Waals surface area (Å²) in [6.07, 6.45) is 0.540. The predicted molar refractivity (Wildman–Crippen MR) is 68.6 cm³/mol. The molecule has 0 heterocycles. The highest BCUT2D eigenvalue weighted by atomic mass is 16.5. The minimum atomic E-state index is 0.540. The number of nitrogens with zero attached hydrogens (tertiary/aromatic N) is 2. The minimum Gasteiger partial charge on any atom is -0.496 e. The van der Waals surface area contributed by atoms with E-state index in [1.54, 1.807) is 7.11 Å². The van der Waals surface area contributed by atoms with E-state index in [4.69, 9.17) is 15.7 Å². The molecule has 4 heteroatoms. The largest absolute Gasteiger partial charge is 0.496 e. The molecule has 0 fully saturated rings. The lowest BCUT2D eigenvalue weighted by molar-refractivity contribution is 0.281. The molecule has 0 spiro atoms. The Morgan fingerprint density at radius 1 is 1.47 bits per heavy atom. The fourth-order valence-electron chi connectivity index (χ4n) is 1.72. The van der Waals surface area contributed by atoms with E-state index < -0.39 is 0 Å². The fraction of sp³-hybridized carbons (Fsp3) is 0.462. The van der Waals surface area contributed by atoms with Crippen LogP contribution in [0.15, 0.2) is 18.2 Å². The highest BCUT2D eigenvalue weighted by Gasteiger charge is 2.08. The normalized spacial score (nSPS) is 10.2. The van der Waals surface area contributed by atoms with Gasteiger partial charge in [-0.15, -0.1) is 0 Å². The van der Waals surface area contributed by atoms with E-state index in [1.165, 1.54) is 0 Å². The van der Waals surface area contributed by atoms with Gasteiger partial charge in [0.05, 0.1) is 13.2 Å². The van der Waals surface area contributed by atoms with Crippen LogP contribution >= 0.6 is 0 Å². The van der Waals surface area contributed by atoms with E-state index in [-0.39, 0.29) is 0 Å². The Kier molecular flexibility index (Phi) is 5.31. The van der Waals surface area contributed by atoms with Crippen LogP contribution in [-0.2, 0) is 6.54 Å². The Bertz CT molecular complexity index is 398. The van der Waals surface area contributed by atoms with Crippen molar-refractivity contribution in [2.75, 3.05) is 25.9 Å². The van der Waals surface area contributed by atoms with Gasteiger partial charge in [0.25, 0.3) is 0 Å². The van der Waals surface area contributed by atoms with Crippen molar-refractivity contribution >= 4 is 5.69 Å². The third kappa shape index (κ3) is 3.97. The Hall–Kier alpha value is -1.73. The summed E-state index contributed by atoms with van der Waals surface area (Å²) in [5.74, 6) is 0.842. The zero-order valence-corrected chi connectivity index (χ0v) is 10.4. The molecule has 4 nitrogen and oxygen atoms in total. The second kappa shape index (κ2) is 6.77. The summed E-state index contributed by atoms with van der Waals surface area (Å²) in [7, 11) is 1.65. The number of ether oxygens (including phenoxy) is 1. The topological polar surface area (TPSA) is 62.3 Å². The predicted octanol–water partition coefficient (Wildman–Crippen LogP) is 2.01. The summed E-state index contributed by atoms with van der Waals surface area (Å²) >= 11 is 0. The molecule has 2 N–H and O–H groups in total. The number of nitriles is 1. The first-order chi connectivity index (χ1) is 8.21. The summed E-state index contributed by atoms with van der Waals surface area (Å²) in [6, 6.07) is 7.79. The van der Waals surface area contributed by atoms with Crippen molar-refractivity contribution in [2.24, 2.45) is 0 Å². The van der Waals surface area contributed by atoms with Crippen molar-refractivity contribution in [1.29, 1.82) is 5.26 Å². The van der Waals surface area contributed by atoms with Crippen molar-refractivity contribution in [1.82, 2.24) is 4.90 Å². The molecule has 0 unspecified atom stereocenters. The molecular formula is C13H19N3O. The highest BCUT2D eigenvalue weighted by Crippen LogP contribution is 2.22. The molecule has 0 amide bonds. The Morgan fingerprint density at radius 2 is 2.24 bits per heavy atom. The molecule has 0 atom stereocenters. The van der Waals surface area contributed by atoms with Crippen LogP contribution in [0.5, 0.6) is 5.75 Å². The maximum absolute atomic E-state index is 8.60. The van der Waals surface area contributed by atoms with E-state index >= 15 is 0 Å². The molecule has 0 saturated heterocycles. The quantitative estimate of drug-likeness (QED) is 0.763. The van der Waals surface area contributed by atoms with Gasteiger partial charge in [0, 0.05) is 30.8 Å². The van der Waals surface area contributed by atoms with Crippen molar-refractivity contribution in [3.63, 3.8) is 0 Å². The standard InChI is InChI=1S/C13H19N3O/c1-3-16(8-4-7-14)10-11-9-12(15)5-6-13(11)17-2/h5-6,9H,3-4,8,10,15H2,1-2H3. The number of rotatable bonds is 6. The molecule has 0 bridgehead atoms. The Morgan fingerprint density at radius 3 is 2.82 bits per heavy atom. The molecule has 1 rings (SSSR count). The van der Waals surface area contributed by atoms with Gasteiger partial charge in [0.1, 0.15) is 5.75 Å². The van der Waals surface area contributed by atoms with Gasteiger partial charge in [0.15, 0.2) is 0 Å². The van der Waals surface area contributed by atoms with Crippen molar-refractivity contribution < 1.29 is 4.74 Å². The summed E-state index contributed by atoms with van der Waals surface area (Å²) < 4.78 is 5.30. The third-order valence-electron chi connectivity index (χ3n) is 2.69. The van der Waals surface area contributed by atoms with E-state index in [0.29, 0.717) is 6.42 Å². The number of hydrogen-bond donors (Lipinski definition) is 1. The first-order valence-electron chi connectivity index (χ1n) is 5.73. The molecule has 0 aliphatic rings. The molecule has 0 saturated carbocycles. The summed E-state index contributed by atoms with van der Waals surface area (Å²) in [5.41, 5.74) is 7.57. The molecule has 17 heavy (non-hydrogen) atoms. The minimum absolute atomic E-state index is 0.540. The van der Waals surface area contributed by atoms with E-state index in [9.17, 15) is 0 Å². The molecule has 1 aromatic carbocycles. The zero-order chi connectivity index (χ0) is 12.7. The smallest absolute Gasteiger partial charge is 0.123 e. The van der Waals surface area contributed by atoms with Gasteiger partial charge in [-0.2, -0.15) is 5.26 Å². The molecule has 0 aliphatic carbocycles. The summed E-state index contributed by atoms with van der Waals surface area (Å²) in [6.45, 7) is 4.51. The molecule has 92 valence electrons. The SMILES string of the molecule is CCN(CCC#N)Cc1cc(N)ccc1OC. The monoisotopic (exact) mass is 233 g/mol. The average molecular weight is 233 g/mol. The number of nitrogens with two attached hydrogens (primary N) is 1. The van der Waals surface area contributed by atoms with Crippen LogP contribution in [0, 0.1) is 11.3 Å². The van der Waals surface area contributed by atoms with Gasteiger partial charge < -0.3 is 10.5 Å². The first kappa shape index (κ1) is 13.3. The van der Waals surface area contributed by atoms with E-state index in [0.717, 1.165) is 36.6 Å². The van der Waals surface area contributed by atoms with Crippen LogP contribution in [0.4, 0.5) is 5.69 Å². The summed E-state index contributed by atoms with van der Waals surface area (Å²) in [5, 5.41) is 8.60.